The molecule has 1 rings (SSSR count). The molecule has 0 aliphatic heterocycles. The van der Waals surface area contributed by atoms with Crippen LogP contribution in [0, 0.1) is 11.7 Å². The van der Waals surface area contributed by atoms with Crippen molar-refractivity contribution in [3.8, 4) is 5.75 Å². The molecule has 0 radical (unpaired) electrons. The predicted octanol–water partition coefficient (Wildman–Crippen LogP) is 2.12. The van der Waals surface area contributed by atoms with Crippen molar-refractivity contribution in [1.29, 1.82) is 0 Å². The first-order valence-electron chi connectivity index (χ1n) is 6.87. The Labute approximate surface area is 119 Å². The van der Waals surface area contributed by atoms with Crippen molar-refractivity contribution >= 4 is 5.91 Å². The van der Waals surface area contributed by atoms with E-state index < -0.39 is 0 Å². The zero-order valence-corrected chi connectivity index (χ0v) is 11.8. The standard InChI is InChI=1S/C15H22FNO3/c1-12(11-18)3-2-9-17-15(19)8-10-20-14-6-4-13(16)5-7-14/h4-7,12,18H,2-3,8-11H2,1H3,(H,17,19). The van der Waals surface area contributed by atoms with Crippen LogP contribution in [0.1, 0.15) is 26.2 Å². The molecule has 5 heteroatoms. The van der Waals surface area contributed by atoms with Crippen LogP contribution in [0.2, 0.25) is 0 Å². The Morgan fingerprint density at radius 2 is 2.10 bits per heavy atom. The minimum atomic E-state index is -0.313. The highest BCUT2D eigenvalue weighted by Crippen LogP contribution is 2.11. The van der Waals surface area contributed by atoms with Crippen LogP contribution in [0.5, 0.6) is 5.75 Å². The van der Waals surface area contributed by atoms with Gasteiger partial charge in [-0.3, -0.25) is 4.79 Å². The van der Waals surface area contributed by atoms with E-state index in [0.29, 0.717) is 12.3 Å². The molecule has 1 atom stereocenters. The van der Waals surface area contributed by atoms with Gasteiger partial charge in [-0.05, 0) is 43.0 Å². The molecule has 0 saturated carbocycles. The molecule has 112 valence electrons. The lowest BCUT2D eigenvalue weighted by atomic mass is 10.1. The summed E-state index contributed by atoms with van der Waals surface area (Å²) in [5.74, 6) is 0.445. The van der Waals surface area contributed by atoms with E-state index in [1.807, 2.05) is 6.92 Å². The number of hydrogen-bond donors (Lipinski definition) is 2. The number of rotatable bonds is 9. The lowest BCUT2D eigenvalue weighted by molar-refractivity contribution is -0.121. The molecular weight excluding hydrogens is 261 g/mol. The van der Waals surface area contributed by atoms with Gasteiger partial charge < -0.3 is 15.2 Å². The first-order valence-corrected chi connectivity index (χ1v) is 6.87. The molecule has 1 aromatic rings. The number of nitrogens with one attached hydrogen (secondary N) is 1. The number of amides is 1. The molecule has 0 heterocycles. The van der Waals surface area contributed by atoms with Crippen molar-refractivity contribution in [3.63, 3.8) is 0 Å². The third kappa shape index (κ3) is 7.09. The third-order valence-corrected chi connectivity index (χ3v) is 2.92. The zero-order chi connectivity index (χ0) is 14.8. The fourth-order valence-corrected chi connectivity index (χ4v) is 1.65. The molecule has 0 spiro atoms. The Bertz CT molecular complexity index is 395. The molecule has 0 saturated heterocycles. The smallest absolute Gasteiger partial charge is 0.223 e. The van der Waals surface area contributed by atoms with Crippen LogP contribution in [0.3, 0.4) is 0 Å². The number of carbonyl (C=O) groups excluding carboxylic acids is 1. The second kappa shape index (κ2) is 9.31. The van der Waals surface area contributed by atoms with Crippen molar-refractivity contribution in [2.24, 2.45) is 5.92 Å². The van der Waals surface area contributed by atoms with Gasteiger partial charge in [0.25, 0.3) is 0 Å². The highest BCUT2D eigenvalue weighted by Gasteiger charge is 2.03. The number of aliphatic hydroxyl groups is 1. The van der Waals surface area contributed by atoms with E-state index in [9.17, 15) is 9.18 Å². The number of benzene rings is 1. The Balaban J connectivity index is 2.07. The average Bonchev–Trinajstić information content (AvgIpc) is 2.45. The van der Waals surface area contributed by atoms with E-state index in [-0.39, 0.29) is 37.3 Å². The molecule has 1 unspecified atom stereocenters. The van der Waals surface area contributed by atoms with Gasteiger partial charge in [-0.25, -0.2) is 4.39 Å². The summed E-state index contributed by atoms with van der Waals surface area (Å²) in [6.07, 6.45) is 2.02. The SMILES string of the molecule is CC(CO)CCCNC(=O)CCOc1ccc(F)cc1. The van der Waals surface area contributed by atoms with E-state index in [2.05, 4.69) is 5.32 Å². The summed E-state index contributed by atoms with van der Waals surface area (Å²) >= 11 is 0. The van der Waals surface area contributed by atoms with Crippen LogP contribution in [0.25, 0.3) is 0 Å². The van der Waals surface area contributed by atoms with Gasteiger partial charge in [-0.15, -0.1) is 0 Å². The number of aliphatic hydroxyl groups excluding tert-OH is 1. The van der Waals surface area contributed by atoms with Gasteiger partial charge in [0.05, 0.1) is 13.0 Å². The summed E-state index contributed by atoms with van der Waals surface area (Å²) in [4.78, 5) is 11.5. The van der Waals surface area contributed by atoms with Crippen molar-refractivity contribution in [3.05, 3.63) is 30.1 Å². The fourth-order valence-electron chi connectivity index (χ4n) is 1.65. The van der Waals surface area contributed by atoms with Crippen molar-refractivity contribution < 1.29 is 19.0 Å². The summed E-state index contributed by atoms with van der Waals surface area (Å²) in [5.41, 5.74) is 0. The number of hydrogen-bond acceptors (Lipinski definition) is 3. The molecule has 1 amide bonds. The first-order chi connectivity index (χ1) is 9.61. The Kier molecular flexibility index (Phi) is 7.65. The van der Waals surface area contributed by atoms with E-state index in [0.717, 1.165) is 12.8 Å². The van der Waals surface area contributed by atoms with E-state index in [1.165, 1.54) is 24.3 Å². The Morgan fingerprint density at radius 1 is 1.40 bits per heavy atom. The molecule has 0 aliphatic carbocycles. The molecule has 0 bridgehead atoms. The van der Waals surface area contributed by atoms with E-state index in [1.54, 1.807) is 0 Å². The predicted molar refractivity (Wildman–Crippen MR) is 75.0 cm³/mol. The second-order valence-corrected chi connectivity index (χ2v) is 4.83. The minimum Gasteiger partial charge on any atom is -0.493 e. The van der Waals surface area contributed by atoms with Crippen molar-refractivity contribution in [2.45, 2.75) is 26.2 Å². The van der Waals surface area contributed by atoms with Gasteiger partial charge in [0, 0.05) is 13.2 Å². The minimum absolute atomic E-state index is 0.0660. The maximum atomic E-state index is 12.7. The van der Waals surface area contributed by atoms with E-state index >= 15 is 0 Å². The van der Waals surface area contributed by atoms with Gasteiger partial charge in [-0.2, -0.15) is 0 Å². The largest absolute Gasteiger partial charge is 0.493 e. The van der Waals surface area contributed by atoms with E-state index in [4.69, 9.17) is 9.84 Å². The van der Waals surface area contributed by atoms with Crippen LogP contribution in [-0.4, -0.2) is 30.8 Å². The monoisotopic (exact) mass is 283 g/mol. The molecule has 0 fully saturated rings. The average molecular weight is 283 g/mol. The van der Waals surface area contributed by atoms with Crippen molar-refractivity contribution in [1.82, 2.24) is 5.32 Å². The summed E-state index contributed by atoms with van der Waals surface area (Å²) in [6.45, 7) is 3.03. The van der Waals surface area contributed by atoms with Gasteiger partial charge in [-0.1, -0.05) is 6.92 Å². The molecule has 2 N–H and O–H groups in total. The number of halogens is 1. The topological polar surface area (TPSA) is 58.6 Å². The second-order valence-electron chi connectivity index (χ2n) is 4.83. The number of carbonyl (C=O) groups is 1. The molecule has 0 aromatic heterocycles. The summed E-state index contributed by atoms with van der Waals surface area (Å²) in [5, 5.41) is 11.7. The lowest BCUT2D eigenvalue weighted by Crippen LogP contribution is -2.26. The molecular formula is C15H22FNO3. The zero-order valence-electron chi connectivity index (χ0n) is 11.8. The highest BCUT2D eigenvalue weighted by molar-refractivity contribution is 5.75. The van der Waals surface area contributed by atoms with Crippen molar-refractivity contribution in [2.75, 3.05) is 19.8 Å². The first kappa shape index (κ1) is 16.4. The number of ether oxygens (including phenoxy) is 1. The van der Waals surface area contributed by atoms with Gasteiger partial charge in [0.15, 0.2) is 0 Å². The van der Waals surface area contributed by atoms with Gasteiger partial charge in [0.2, 0.25) is 5.91 Å². The summed E-state index contributed by atoms with van der Waals surface area (Å²) in [7, 11) is 0. The molecule has 20 heavy (non-hydrogen) atoms. The van der Waals surface area contributed by atoms with Gasteiger partial charge in [0.1, 0.15) is 11.6 Å². The van der Waals surface area contributed by atoms with Gasteiger partial charge >= 0.3 is 0 Å². The summed E-state index contributed by atoms with van der Waals surface area (Å²) < 4.78 is 18.0. The van der Waals surface area contributed by atoms with Crippen LogP contribution in [-0.2, 0) is 4.79 Å². The van der Waals surface area contributed by atoms with Crippen LogP contribution < -0.4 is 10.1 Å². The normalized spacial score (nSPS) is 11.9. The third-order valence-electron chi connectivity index (χ3n) is 2.92. The Morgan fingerprint density at radius 3 is 2.75 bits per heavy atom. The quantitative estimate of drug-likeness (QED) is 0.682. The Hall–Kier alpha value is -1.62. The van der Waals surface area contributed by atoms with Crippen LogP contribution in [0.15, 0.2) is 24.3 Å². The van der Waals surface area contributed by atoms with Crippen LogP contribution >= 0.6 is 0 Å². The molecule has 4 nitrogen and oxygen atoms in total. The maximum Gasteiger partial charge on any atom is 0.223 e. The maximum absolute atomic E-state index is 12.7. The highest BCUT2D eigenvalue weighted by atomic mass is 19.1. The fraction of sp³-hybridized carbons (Fsp3) is 0.533. The molecule has 0 aliphatic rings. The lowest BCUT2D eigenvalue weighted by Gasteiger charge is -2.09. The summed E-state index contributed by atoms with van der Waals surface area (Å²) in [6, 6.07) is 5.70. The molecule has 1 aromatic carbocycles. The van der Waals surface area contributed by atoms with Crippen LogP contribution in [0.4, 0.5) is 4.39 Å².